The first-order valence-corrected chi connectivity index (χ1v) is 26.9. The van der Waals surface area contributed by atoms with Gasteiger partial charge in [-0.2, -0.15) is 9.61 Å². The maximum Gasteiger partial charge on any atom is 0.165 e. The molecule has 6 rings (SSSR count). The van der Waals surface area contributed by atoms with E-state index in [1.165, 1.54) is 12.8 Å². The average Bonchev–Trinajstić information content (AvgIpc) is 3.64. The number of ether oxygens (including phenoxy) is 3. The molecule has 52 heavy (non-hydrogen) atoms. The summed E-state index contributed by atoms with van der Waals surface area (Å²) in [6.07, 6.45) is 8.78. The maximum absolute atomic E-state index is 6.51. The molecule has 10 heteroatoms. The summed E-state index contributed by atoms with van der Waals surface area (Å²) in [6, 6.07) is 16.7. The molecule has 2 bridgehead atoms. The Kier molecular flexibility index (Phi) is 12.1. The van der Waals surface area contributed by atoms with Crippen molar-refractivity contribution in [3.63, 3.8) is 0 Å². The monoisotopic (exact) mass is 739 g/mol. The summed E-state index contributed by atoms with van der Waals surface area (Å²) in [6.45, 7) is 26.0. The molecule has 4 unspecified atom stereocenters. The molecule has 280 valence electrons. The van der Waals surface area contributed by atoms with Crippen LogP contribution in [0.1, 0.15) is 56.7 Å². The molecule has 2 aliphatic carbocycles. The highest BCUT2D eigenvalue weighted by atomic mass is 28.3. The quantitative estimate of drug-likeness (QED) is 0.0462. The van der Waals surface area contributed by atoms with Crippen LogP contribution in [0.15, 0.2) is 61.4 Å². The number of anilines is 1. The number of pyridine rings is 1. The summed E-state index contributed by atoms with van der Waals surface area (Å²) < 4.78 is 21.3. The van der Waals surface area contributed by atoms with E-state index in [-0.39, 0.29) is 0 Å². The van der Waals surface area contributed by atoms with Crippen LogP contribution in [-0.2, 0) is 14.2 Å². The summed E-state index contributed by atoms with van der Waals surface area (Å²) in [5, 5.41) is 5.07. The van der Waals surface area contributed by atoms with Crippen LogP contribution in [-0.4, -0.2) is 69.0 Å². The predicted octanol–water partition coefficient (Wildman–Crippen LogP) is 10.4. The summed E-state index contributed by atoms with van der Waals surface area (Å²) in [7, 11) is -2.57. The van der Waals surface area contributed by atoms with Crippen LogP contribution in [0.25, 0.3) is 33.8 Å². The van der Waals surface area contributed by atoms with Crippen molar-refractivity contribution >= 4 is 33.4 Å². The third-order valence-electron chi connectivity index (χ3n) is 10.9. The summed E-state index contributed by atoms with van der Waals surface area (Å²) >= 11 is 0. The molecular formula is C42H61N5O3Si2. The van der Waals surface area contributed by atoms with Gasteiger partial charge in [-0.15, -0.1) is 0 Å². The topological polar surface area (TPSA) is 74.0 Å². The maximum atomic E-state index is 6.51. The largest absolute Gasteiger partial charge is 0.494 e. The van der Waals surface area contributed by atoms with Crippen molar-refractivity contribution in [2.75, 3.05) is 38.2 Å². The van der Waals surface area contributed by atoms with Gasteiger partial charge in [-0.05, 0) is 68.5 Å². The molecule has 0 spiro atoms. The number of fused-ring (bicyclic) bond motifs is 3. The standard InChI is InChI=1S/C42H61N5O3Si2/c1-10-50-31(3)39-40(36-24-32-22-30(2)35(23-32)25-36)45-41-37(34-16-17-38(43-26-34)33-14-12-11-13-15-33)27-44-47(41)42(39)46(28-48-18-20-51(4,5)6)29-49-19-21-52(7,8)9/h11-17,26-27,30,32,35-36H,3,10,18-25,28-29H2,1-2,4-9H3. The Balaban J connectivity index is 1.49. The van der Waals surface area contributed by atoms with Gasteiger partial charge in [-0.1, -0.05) is 89.2 Å². The van der Waals surface area contributed by atoms with E-state index in [0.717, 1.165) is 81.9 Å². The van der Waals surface area contributed by atoms with E-state index >= 15 is 0 Å². The lowest BCUT2D eigenvalue weighted by Gasteiger charge is -2.33. The van der Waals surface area contributed by atoms with E-state index < -0.39 is 16.1 Å². The summed E-state index contributed by atoms with van der Waals surface area (Å²) in [5.74, 6) is 3.99. The van der Waals surface area contributed by atoms with Gasteiger partial charge in [0, 0.05) is 58.2 Å². The number of nitrogens with zero attached hydrogens (tertiary/aromatic N) is 5. The van der Waals surface area contributed by atoms with Gasteiger partial charge in [0.25, 0.3) is 0 Å². The lowest BCUT2D eigenvalue weighted by atomic mass is 9.77. The minimum Gasteiger partial charge on any atom is -0.494 e. The van der Waals surface area contributed by atoms with Crippen molar-refractivity contribution in [2.45, 2.75) is 96.8 Å². The normalized spacial score (nSPS) is 20.4. The first kappa shape index (κ1) is 38.4. The predicted molar refractivity (Wildman–Crippen MR) is 220 cm³/mol. The van der Waals surface area contributed by atoms with Gasteiger partial charge in [0.05, 0.1) is 29.8 Å². The number of benzene rings is 1. The van der Waals surface area contributed by atoms with Gasteiger partial charge < -0.3 is 19.1 Å². The molecule has 1 aromatic carbocycles. The Bertz CT molecular complexity index is 1770. The van der Waals surface area contributed by atoms with Gasteiger partial charge in [0.1, 0.15) is 25.0 Å². The van der Waals surface area contributed by atoms with E-state index in [2.05, 4.69) is 82.0 Å². The van der Waals surface area contributed by atoms with Crippen LogP contribution in [0, 0.1) is 17.8 Å². The molecule has 8 nitrogen and oxygen atoms in total. The van der Waals surface area contributed by atoms with Crippen molar-refractivity contribution < 1.29 is 14.2 Å². The van der Waals surface area contributed by atoms with E-state index in [1.807, 2.05) is 42.0 Å². The number of hydrogen-bond acceptors (Lipinski definition) is 7. The zero-order valence-corrected chi connectivity index (χ0v) is 35.0. The highest BCUT2D eigenvalue weighted by molar-refractivity contribution is 6.76. The second kappa shape index (κ2) is 16.4. The average molecular weight is 740 g/mol. The first-order valence-electron chi connectivity index (χ1n) is 19.5. The zero-order valence-electron chi connectivity index (χ0n) is 33.0. The van der Waals surface area contributed by atoms with Crippen LogP contribution in [0.5, 0.6) is 0 Å². The van der Waals surface area contributed by atoms with Crippen LogP contribution < -0.4 is 4.90 Å². The van der Waals surface area contributed by atoms with Crippen LogP contribution >= 0.6 is 0 Å². The highest BCUT2D eigenvalue weighted by Gasteiger charge is 2.41. The van der Waals surface area contributed by atoms with E-state index in [4.69, 9.17) is 29.3 Å². The molecule has 3 aromatic heterocycles. The van der Waals surface area contributed by atoms with Crippen molar-refractivity contribution in [3.05, 3.63) is 72.7 Å². The van der Waals surface area contributed by atoms with E-state index in [0.29, 0.717) is 50.9 Å². The Hall–Kier alpha value is -3.32. The molecule has 0 radical (unpaired) electrons. The third kappa shape index (κ3) is 9.24. The Labute approximate surface area is 314 Å². The number of rotatable bonds is 17. The van der Waals surface area contributed by atoms with E-state index in [9.17, 15) is 0 Å². The molecule has 0 aliphatic heterocycles. The Morgan fingerprint density at radius 2 is 1.56 bits per heavy atom. The third-order valence-corrected chi connectivity index (χ3v) is 14.3. The highest BCUT2D eigenvalue weighted by Crippen LogP contribution is 2.52. The lowest BCUT2D eigenvalue weighted by molar-refractivity contribution is 0.0941. The number of aromatic nitrogens is 4. The SMILES string of the molecule is C=C(OCC)c1c(C2CC3CC(C)C(C3)C2)nc2c(-c3ccc(-c4ccccc4)nc3)cnn2c1N(COCC[Si](C)(C)C)COCC[Si](C)(C)C. The van der Waals surface area contributed by atoms with Crippen molar-refractivity contribution in [3.8, 4) is 22.4 Å². The number of hydrogen-bond donors (Lipinski definition) is 0. The Morgan fingerprint density at radius 1 is 0.865 bits per heavy atom. The fraction of sp³-hybridized carbons (Fsp3) is 0.548. The zero-order chi connectivity index (χ0) is 37.0. The summed E-state index contributed by atoms with van der Waals surface area (Å²) in [4.78, 5) is 12.7. The molecule has 3 heterocycles. The molecule has 0 saturated heterocycles. The second-order valence-corrected chi connectivity index (χ2v) is 28.9. The molecule has 0 N–H and O–H groups in total. The van der Waals surface area contributed by atoms with Crippen LogP contribution in [0.3, 0.4) is 0 Å². The van der Waals surface area contributed by atoms with Gasteiger partial charge in [-0.25, -0.2) is 4.98 Å². The molecule has 2 saturated carbocycles. The fourth-order valence-corrected chi connectivity index (χ4v) is 9.50. The molecular weight excluding hydrogens is 679 g/mol. The smallest absolute Gasteiger partial charge is 0.165 e. The second-order valence-electron chi connectivity index (χ2n) is 17.6. The van der Waals surface area contributed by atoms with E-state index in [1.54, 1.807) is 0 Å². The van der Waals surface area contributed by atoms with Crippen molar-refractivity contribution in [1.82, 2.24) is 19.6 Å². The minimum absolute atomic E-state index is 0.299. The molecule has 2 aliphatic rings. The van der Waals surface area contributed by atoms with Crippen LogP contribution in [0.4, 0.5) is 5.82 Å². The fourth-order valence-electron chi connectivity index (χ4n) is 7.98. The van der Waals surface area contributed by atoms with Gasteiger partial charge in [0.2, 0.25) is 0 Å². The van der Waals surface area contributed by atoms with Crippen molar-refractivity contribution in [2.24, 2.45) is 17.8 Å². The first-order chi connectivity index (χ1) is 24.8. The van der Waals surface area contributed by atoms with Gasteiger partial charge in [0.15, 0.2) is 5.65 Å². The van der Waals surface area contributed by atoms with Crippen molar-refractivity contribution in [1.29, 1.82) is 0 Å². The summed E-state index contributed by atoms with van der Waals surface area (Å²) in [5.41, 5.74) is 6.78. The molecule has 0 amide bonds. The van der Waals surface area contributed by atoms with Crippen LogP contribution in [0.2, 0.25) is 51.4 Å². The molecule has 2 fully saturated rings. The van der Waals surface area contributed by atoms with Gasteiger partial charge in [-0.3, -0.25) is 4.98 Å². The lowest BCUT2D eigenvalue weighted by Crippen LogP contribution is -2.34. The van der Waals surface area contributed by atoms with Gasteiger partial charge >= 0.3 is 0 Å². The minimum atomic E-state index is -1.29. The molecule has 4 aromatic rings. The Morgan fingerprint density at radius 3 is 2.15 bits per heavy atom. The molecule has 4 atom stereocenters.